The number of aromatic nitrogens is 4. The lowest BCUT2D eigenvalue weighted by Crippen LogP contribution is -2.19. The molecular weight excluding hydrogens is 356 g/mol. The topological polar surface area (TPSA) is 97.9 Å². The standard InChI is InChI=1S/C20H20N6O2/c1-20(2,3)16-10-17(25-28-16)24-19(27)23-13-8-9-18(21-11-13)26-12-22-14-6-4-5-7-15(14)26/h4-12H,1-3H3,(H2,23,24,25,27). The number of amides is 2. The summed E-state index contributed by atoms with van der Waals surface area (Å²) < 4.78 is 7.15. The molecule has 0 aliphatic carbocycles. The summed E-state index contributed by atoms with van der Waals surface area (Å²) in [5.41, 5.74) is 2.24. The van der Waals surface area contributed by atoms with Gasteiger partial charge in [0.1, 0.15) is 17.9 Å². The first-order valence-electron chi connectivity index (χ1n) is 8.84. The fourth-order valence-corrected chi connectivity index (χ4v) is 2.71. The molecule has 0 saturated heterocycles. The van der Waals surface area contributed by atoms with Crippen LogP contribution in [0.2, 0.25) is 0 Å². The van der Waals surface area contributed by atoms with E-state index in [0.29, 0.717) is 23.1 Å². The van der Waals surface area contributed by atoms with Gasteiger partial charge in [0.2, 0.25) is 0 Å². The van der Waals surface area contributed by atoms with Crippen molar-refractivity contribution in [1.29, 1.82) is 0 Å². The summed E-state index contributed by atoms with van der Waals surface area (Å²) >= 11 is 0. The molecule has 0 fully saturated rings. The number of para-hydroxylation sites is 2. The summed E-state index contributed by atoms with van der Waals surface area (Å²) in [6.07, 6.45) is 3.32. The normalized spacial score (nSPS) is 11.5. The average molecular weight is 376 g/mol. The Morgan fingerprint density at radius 1 is 1.07 bits per heavy atom. The molecule has 4 aromatic rings. The van der Waals surface area contributed by atoms with E-state index in [4.69, 9.17) is 4.52 Å². The predicted octanol–water partition coefficient (Wildman–Crippen LogP) is 4.35. The number of carbonyl (C=O) groups is 1. The van der Waals surface area contributed by atoms with Gasteiger partial charge in [-0.3, -0.25) is 9.88 Å². The highest BCUT2D eigenvalue weighted by Crippen LogP contribution is 2.24. The number of rotatable bonds is 3. The first-order chi connectivity index (χ1) is 13.4. The summed E-state index contributed by atoms with van der Waals surface area (Å²) in [6.45, 7) is 6.02. The number of hydrogen-bond donors (Lipinski definition) is 2. The van der Waals surface area contributed by atoms with Gasteiger partial charge in [-0.2, -0.15) is 0 Å². The van der Waals surface area contributed by atoms with E-state index >= 15 is 0 Å². The number of anilines is 2. The van der Waals surface area contributed by atoms with Crippen LogP contribution in [0.4, 0.5) is 16.3 Å². The summed E-state index contributed by atoms with van der Waals surface area (Å²) in [5, 5.41) is 9.25. The van der Waals surface area contributed by atoms with Gasteiger partial charge in [0, 0.05) is 11.5 Å². The molecule has 0 aliphatic rings. The minimum atomic E-state index is -0.420. The van der Waals surface area contributed by atoms with E-state index in [2.05, 4.69) is 25.8 Å². The molecule has 0 bridgehead atoms. The lowest BCUT2D eigenvalue weighted by Gasteiger charge is -2.12. The maximum atomic E-state index is 12.2. The van der Waals surface area contributed by atoms with Crippen molar-refractivity contribution < 1.29 is 9.32 Å². The highest BCUT2D eigenvalue weighted by atomic mass is 16.5. The van der Waals surface area contributed by atoms with Crippen molar-refractivity contribution in [3.8, 4) is 5.82 Å². The van der Waals surface area contributed by atoms with Gasteiger partial charge in [0.25, 0.3) is 0 Å². The van der Waals surface area contributed by atoms with E-state index in [-0.39, 0.29) is 5.41 Å². The van der Waals surface area contributed by atoms with Crippen molar-refractivity contribution in [2.75, 3.05) is 10.6 Å². The van der Waals surface area contributed by atoms with Gasteiger partial charge in [-0.25, -0.2) is 14.8 Å². The van der Waals surface area contributed by atoms with Crippen molar-refractivity contribution in [2.24, 2.45) is 0 Å². The molecular formula is C20H20N6O2. The van der Waals surface area contributed by atoms with Crippen LogP contribution in [-0.2, 0) is 5.41 Å². The van der Waals surface area contributed by atoms with Gasteiger partial charge < -0.3 is 9.84 Å². The Morgan fingerprint density at radius 2 is 1.89 bits per heavy atom. The Labute approximate surface area is 161 Å². The molecule has 3 heterocycles. The molecule has 0 radical (unpaired) electrons. The minimum Gasteiger partial charge on any atom is -0.359 e. The van der Waals surface area contributed by atoms with Crippen LogP contribution >= 0.6 is 0 Å². The quantitative estimate of drug-likeness (QED) is 0.554. The Bertz CT molecular complexity index is 1120. The monoisotopic (exact) mass is 376 g/mol. The third kappa shape index (κ3) is 3.57. The van der Waals surface area contributed by atoms with Crippen LogP contribution < -0.4 is 10.6 Å². The molecule has 1 aromatic carbocycles. The molecule has 4 rings (SSSR count). The maximum absolute atomic E-state index is 12.2. The van der Waals surface area contributed by atoms with E-state index in [1.807, 2.05) is 55.7 Å². The van der Waals surface area contributed by atoms with Crippen molar-refractivity contribution in [2.45, 2.75) is 26.2 Å². The first kappa shape index (κ1) is 17.7. The van der Waals surface area contributed by atoms with Crippen molar-refractivity contribution in [3.63, 3.8) is 0 Å². The fraction of sp³-hybridized carbons (Fsp3) is 0.200. The van der Waals surface area contributed by atoms with E-state index in [0.717, 1.165) is 11.0 Å². The molecule has 0 spiro atoms. The van der Waals surface area contributed by atoms with Crippen LogP contribution in [0.1, 0.15) is 26.5 Å². The lowest BCUT2D eigenvalue weighted by atomic mass is 9.93. The molecule has 0 atom stereocenters. The molecule has 8 nitrogen and oxygen atoms in total. The molecule has 3 aromatic heterocycles. The number of hydrogen-bond acceptors (Lipinski definition) is 5. The number of nitrogens with zero attached hydrogens (tertiary/aromatic N) is 4. The van der Waals surface area contributed by atoms with Crippen LogP contribution in [0, 0.1) is 0 Å². The average Bonchev–Trinajstić information content (AvgIpc) is 3.29. The molecule has 0 saturated carbocycles. The second-order valence-corrected chi connectivity index (χ2v) is 7.41. The summed E-state index contributed by atoms with van der Waals surface area (Å²) in [7, 11) is 0. The van der Waals surface area contributed by atoms with Gasteiger partial charge in [-0.1, -0.05) is 38.1 Å². The number of nitrogens with one attached hydrogen (secondary N) is 2. The SMILES string of the molecule is CC(C)(C)c1cc(NC(=O)Nc2ccc(-n3cnc4ccccc43)nc2)no1. The molecule has 2 N–H and O–H groups in total. The second kappa shape index (κ2) is 6.80. The van der Waals surface area contributed by atoms with Crippen LogP contribution in [0.3, 0.4) is 0 Å². The van der Waals surface area contributed by atoms with E-state index < -0.39 is 6.03 Å². The van der Waals surface area contributed by atoms with Gasteiger partial charge in [0.15, 0.2) is 5.82 Å². The molecule has 142 valence electrons. The number of benzene rings is 1. The zero-order chi connectivity index (χ0) is 19.7. The number of pyridine rings is 1. The van der Waals surface area contributed by atoms with Gasteiger partial charge in [0.05, 0.1) is 22.9 Å². The predicted molar refractivity (Wildman–Crippen MR) is 107 cm³/mol. The van der Waals surface area contributed by atoms with E-state index in [1.165, 1.54) is 0 Å². The van der Waals surface area contributed by atoms with Crippen LogP contribution in [0.5, 0.6) is 0 Å². The summed E-state index contributed by atoms with van der Waals surface area (Å²) in [6, 6.07) is 12.7. The lowest BCUT2D eigenvalue weighted by molar-refractivity contribution is 0.262. The van der Waals surface area contributed by atoms with E-state index in [9.17, 15) is 4.79 Å². The highest BCUT2D eigenvalue weighted by Gasteiger charge is 2.20. The third-order valence-corrected chi connectivity index (χ3v) is 4.20. The largest absolute Gasteiger partial charge is 0.359 e. The van der Waals surface area contributed by atoms with Crippen molar-refractivity contribution >= 4 is 28.6 Å². The van der Waals surface area contributed by atoms with Crippen LogP contribution in [0.25, 0.3) is 16.9 Å². The van der Waals surface area contributed by atoms with Crippen LogP contribution in [-0.4, -0.2) is 25.7 Å². The third-order valence-electron chi connectivity index (χ3n) is 4.20. The smallest absolute Gasteiger partial charge is 0.324 e. The van der Waals surface area contributed by atoms with Crippen LogP contribution in [0.15, 0.2) is 59.5 Å². The summed E-state index contributed by atoms with van der Waals surface area (Å²) in [4.78, 5) is 21.0. The van der Waals surface area contributed by atoms with E-state index in [1.54, 1.807) is 24.7 Å². The Morgan fingerprint density at radius 3 is 2.61 bits per heavy atom. The number of imidazole rings is 1. The Kier molecular flexibility index (Phi) is 4.31. The number of urea groups is 1. The van der Waals surface area contributed by atoms with Gasteiger partial charge in [-0.05, 0) is 24.3 Å². The Balaban J connectivity index is 1.44. The van der Waals surface area contributed by atoms with Crippen molar-refractivity contribution in [3.05, 3.63) is 60.7 Å². The zero-order valence-corrected chi connectivity index (χ0v) is 15.8. The first-order valence-corrected chi connectivity index (χ1v) is 8.84. The Hall–Kier alpha value is -3.68. The zero-order valence-electron chi connectivity index (χ0n) is 15.8. The number of fused-ring (bicyclic) bond motifs is 1. The maximum Gasteiger partial charge on any atom is 0.324 e. The minimum absolute atomic E-state index is 0.180. The highest BCUT2D eigenvalue weighted by molar-refractivity contribution is 5.99. The summed E-state index contributed by atoms with van der Waals surface area (Å²) in [5.74, 6) is 1.77. The molecule has 8 heteroatoms. The second-order valence-electron chi connectivity index (χ2n) is 7.41. The van der Waals surface area contributed by atoms with Gasteiger partial charge in [-0.15, -0.1) is 0 Å². The molecule has 0 aliphatic heterocycles. The fourth-order valence-electron chi connectivity index (χ4n) is 2.71. The number of carbonyl (C=O) groups excluding carboxylic acids is 1. The van der Waals surface area contributed by atoms with Gasteiger partial charge >= 0.3 is 6.03 Å². The molecule has 2 amide bonds. The molecule has 28 heavy (non-hydrogen) atoms. The molecule has 0 unspecified atom stereocenters. The van der Waals surface area contributed by atoms with Crippen molar-refractivity contribution in [1.82, 2.24) is 19.7 Å².